The van der Waals surface area contributed by atoms with E-state index in [2.05, 4.69) is 75.6 Å². The molecule has 0 unspecified atom stereocenters. The molecular formula is C23H26N4. The van der Waals surface area contributed by atoms with Gasteiger partial charge in [0.15, 0.2) is 0 Å². The van der Waals surface area contributed by atoms with Crippen molar-refractivity contribution in [3.05, 3.63) is 78.1 Å². The van der Waals surface area contributed by atoms with Crippen molar-refractivity contribution >= 4 is 5.95 Å². The molecule has 0 amide bonds. The molecule has 4 rings (SSSR count). The van der Waals surface area contributed by atoms with E-state index in [1.165, 1.54) is 35.1 Å². The Labute approximate surface area is 161 Å². The van der Waals surface area contributed by atoms with Crippen molar-refractivity contribution in [2.75, 3.05) is 18.0 Å². The largest absolute Gasteiger partial charge is 0.339 e. The highest BCUT2D eigenvalue weighted by Gasteiger charge is 2.21. The van der Waals surface area contributed by atoms with Gasteiger partial charge >= 0.3 is 0 Å². The Morgan fingerprint density at radius 2 is 1.89 bits per heavy atom. The molecule has 4 heteroatoms. The number of benzene rings is 2. The van der Waals surface area contributed by atoms with E-state index in [0.717, 1.165) is 25.6 Å². The first kappa shape index (κ1) is 17.7. The highest BCUT2D eigenvalue weighted by molar-refractivity contribution is 5.67. The normalized spacial score (nSPS) is 17.1. The molecule has 1 N–H and O–H groups in total. The van der Waals surface area contributed by atoms with Crippen molar-refractivity contribution in [2.24, 2.45) is 0 Å². The van der Waals surface area contributed by atoms with Crippen molar-refractivity contribution < 1.29 is 0 Å². The number of aromatic nitrogens is 2. The number of nitrogens with zero attached hydrogens (tertiary/aromatic N) is 3. The zero-order chi connectivity index (χ0) is 18.5. The Morgan fingerprint density at radius 1 is 1.04 bits per heavy atom. The van der Waals surface area contributed by atoms with Gasteiger partial charge in [0.2, 0.25) is 5.95 Å². The van der Waals surface area contributed by atoms with Crippen molar-refractivity contribution in [1.29, 1.82) is 0 Å². The summed E-state index contributed by atoms with van der Waals surface area (Å²) >= 11 is 0. The van der Waals surface area contributed by atoms with Gasteiger partial charge in [-0.3, -0.25) is 0 Å². The number of anilines is 1. The summed E-state index contributed by atoms with van der Waals surface area (Å²) in [5, 5.41) is 3.73. The highest BCUT2D eigenvalue weighted by atomic mass is 15.3. The minimum atomic E-state index is 0.463. The summed E-state index contributed by atoms with van der Waals surface area (Å²) in [6, 6.07) is 19.7. The molecule has 2 aromatic carbocycles. The minimum Gasteiger partial charge on any atom is -0.339 e. The monoisotopic (exact) mass is 358 g/mol. The number of hydrogen-bond acceptors (Lipinski definition) is 4. The Hall–Kier alpha value is -2.72. The molecule has 27 heavy (non-hydrogen) atoms. The van der Waals surface area contributed by atoms with Gasteiger partial charge in [-0.2, -0.15) is 0 Å². The van der Waals surface area contributed by atoms with Crippen LogP contribution in [-0.4, -0.2) is 29.1 Å². The smallest absolute Gasteiger partial charge is 0.225 e. The Balaban J connectivity index is 1.40. The van der Waals surface area contributed by atoms with E-state index >= 15 is 0 Å². The summed E-state index contributed by atoms with van der Waals surface area (Å²) < 4.78 is 0. The standard InChI is InChI=1S/C23H26N4/c1-18-7-2-3-11-22(18)20-9-4-8-19(15-20)16-26-21-10-5-14-27(17-21)23-24-12-6-13-25-23/h2-4,6-9,11-13,15,21,26H,5,10,14,16-17H2,1H3/t21-/m0/s1. The molecule has 0 saturated carbocycles. The molecule has 1 saturated heterocycles. The molecule has 0 aliphatic carbocycles. The van der Waals surface area contributed by atoms with Crippen LogP contribution >= 0.6 is 0 Å². The Bertz CT molecular complexity index is 878. The molecule has 1 aliphatic heterocycles. The SMILES string of the molecule is Cc1ccccc1-c1cccc(CN[C@H]2CCCN(c3ncccn3)C2)c1. The van der Waals surface area contributed by atoms with Crippen LogP contribution in [0.25, 0.3) is 11.1 Å². The first-order valence-electron chi connectivity index (χ1n) is 9.70. The second kappa shape index (κ2) is 8.31. The molecule has 1 fully saturated rings. The lowest BCUT2D eigenvalue weighted by Crippen LogP contribution is -2.46. The minimum absolute atomic E-state index is 0.463. The number of rotatable bonds is 5. The van der Waals surface area contributed by atoms with Gasteiger partial charge in [-0.1, -0.05) is 42.5 Å². The van der Waals surface area contributed by atoms with Gasteiger partial charge < -0.3 is 10.2 Å². The first-order chi connectivity index (χ1) is 13.3. The molecule has 1 aliphatic rings. The first-order valence-corrected chi connectivity index (χ1v) is 9.70. The second-order valence-corrected chi connectivity index (χ2v) is 7.23. The quantitative estimate of drug-likeness (QED) is 0.742. The average molecular weight is 358 g/mol. The number of nitrogens with one attached hydrogen (secondary N) is 1. The fourth-order valence-corrected chi connectivity index (χ4v) is 3.79. The summed E-state index contributed by atoms with van der Waals surface area (Å²) in [5.41, 5.74) is 5.23. The summed E-state index contributed by atoms with van der Waals surface area (Å²) in [4.78, 5) is 11.1. The third-order valence-electron chi connectivity index (χ3n) is 5.23. The molecule has 0 radical (unpaired) electrons. The maximum absolute atomic E-state index is 4.40. The topological polar surface area (TPSA) is 41.0 Å². The molecule has 0 spiro atoms. The fraction of sp³-hybridized carbons (Fsp3) is 0.304. The van der Waals surface area contributed by atoms with E-state index in [0.29, 0.717) is 6.04 Å². The molecule has 3 aromatic rings. The number of piperidine rings is 1. The zero-order valence-electron chi connectivity index (χ0n) is 15.8. The maximum Gasteiger partial charge on any atom is 0.225 e. The molecule has 2 heterocycles. The molecule has 1 atom stereocenters. The van der Waals surface area contributed by atoms with Gasteiger partial charge in [0.1, 0.15) is 0 Å². The summed E-state index contributed by atoms with van der Waals surface area (Å²) in [7, 11) is 0. The van der Waals surface area contributed by atoms with Gasteiger partial charge in [0.05, 0.1) is 0 Å². The van der Waals surface area contributed by atoms with Gasteiger partial charge in [0.25, 0.3) is 0 Å². The third kappa shape index (κ3) is 4.34. The van der Waals surface area contributed by atoms with Crippen molar-refractivity contribution in [3.63, 3.8) is 0 Å². The Morgan fingerprint density at radius 3 is 2.74 bits per heavy atom. The van der Waals surface area contributed by atoms with Crippen LogP contribution in [0, 0.1) is 6.92 Å². The predicted molar refractivity (Wildman–Crippen MR) is 111 cm³/mol. The van der Waals surface area contributed by atoms with Crippen molar-refractivity contribution in [3.8, 4) is 11.1 Å². The average Bonchev–Trinajstić information content (AvgIpc) is 2.74. The van der Waals surface area contributed by atoms with Gasteiger partial charge in [0, 0.05) is 38.1 Å². The molecule has 1 aromatic heterocycles. The molecular weight excluding hydrogens is 332 g/mol. The third-order valence-corrected chi connectivity index (χ3v) is 5.23. The Kier molecular flexibility index (Phi) is 5.45. The van der Waals surface area contributed by atoms with Crippen molar-refractivity contribution in [2.45, 2.75) is 32.4 Å². The summed E-state index contributed by atoms with van der Waals surface area (Å²) in [5.74, 6) is 0.838. The lowest BCUT2D eigenvalue weighted by molar-refractivity contribution is 0.418. The number of hydrogen-bond donors (Lipinski definition) is 1. The van der Waals surface area contributed by atoms with Crippen LogP contribution < -0.4 is 10.2 Å². The van der Waals surface area contributed by atoms with Crippen LogP contribution in [0.2, 0.25) is 0 Å². The van der Waals surface area contributed by atoms with E-state index in [1.54, 1.807) is 0 Å². The fourth-order valence-electron chi connectivity index (χ4n) is 3.79. The predicted octanol–water partition coefficient (Wildman–Crippen LogP) is 4.21. The zero-order valence-corrected chi connectivity index (χ0v) is 15.8. The van der Waals surface area contributed by atoms with Gasteiger partial charge in [-0.25, -0.2) is 9.97 Å². The van der Waals surface area contributed by atoms with E-state index in [9.17, 15) is 0 Å². The summed E-state index contributed by atoms with van der Waals surface area (Å²) in [6.45, 7) is 5.04. The molecule has 4 nitrogen and oxygen atoms in total. The second-order valence-electron chi connectivity index (χ2n) is 7.23. The van der Waals surface area contributed by atoms with Gasteiger partial charge in [-0.05, 0) is 54.2 Å². The lowest BCUT2D eigenvalue weighted by atomic mass is 9.98. The molecule has 0 bridgehead atoms. The van der Waals surface area contributed by atoms with Crippen LogP contribution in [0.15, 0.2) is 67.0 Å². The van der Waals surface area contributed by atoms with Crippen LogP contribution in [0.5, 0.6) is 0 Å². The molecule has 138 valence electrons. The van der Waals surface area contributed by atoms with E-state index in [1.807, 2.05) is 18.5 Å². The summed E-state index contributed by atoms with van der Waals surface area (Å²) in [6.07, 6.45) is 5.99. The van der Waals surface area contributed by atoms with Crippen LogP contribution in [0.4, 0.5) is 5.95 Å². The van der Waals surface area contributed by atoms with E-state index in [-0.39, 0.29) is 0 Å². The van der Waals surface area contributed by atoms with Crippen LogP contribution in [0.3, 0.4) is 0 Å². The highest BCUT2D eigenvalue weighted by Crippen LogP contribution is 2.24. The number of aryl methyl sites for hydroxylation is 1. The van der Waals surface area contributed by atoms with Crippen molar-refractivity contribution in [1.82, 2.24) is 15.3 Å². The van der Waals surface area contributed by atoms with Crippen LogP contribution in [-0.2, 0) is 6.54 Å². The van der Waals surface area contributed by atoms with Gasteiger partial charge in [-0.15, -0.1) is 0 Å². The van der Waals surface area contributed by atoms with Crippen LogP contribution in [0.1, 0.15) is 24.0 Å². The lowest BCUT2D eigenvalue weighted by Gasteiger charge is -2.33. The van der Waals surface area contributed by atoms with E-state index in [4.69, 9.17) is 0 Å². The van der Waals surface area contributed by atoms with E-state index < -0.39 is 0 Å². The maximum atomic E-state index is 4.40.